The van der Waals surface area contributed by atoms with Crippen LogP contribution in [0.4, 0.5) is 0 Å². The third-order valence-electron chi connectivity index (χ3n) is 1.86. The Balaban J connectivity index is 2.93. The van der Waals surface area contributed by atoms with Gasteiger partial charge in [0, 0.05) is 0 Å². The first kappa shape index (κ1) is 8.82. The van der Waals surface area contributed by atoms with Gasteiger partial charge in [-0.05, 0) is 25.0 Å². The van der Waals surface area contributed by atoms with Crippen LogP contribution in [-0.2, 0) is 0 Å². The van der Waals surface area contributed by atoms with Crippen molar-refractivity contribution in [2.75, 3.05) is 0 Å². The topological polar surface area (TPSA) is 0 Å². The minimum Gasteiger partial charge on any atom is -0.122 e. The molecule has 0 amide bonds. The quantitative estimate of drug-likeness (QED) is 0.612. The van der Waals surface area contributed by atoms with Gasteiger partial charge in [-0.15, -0.1) is 22.7 Å². The third kappa shape index (κ3) is 1.10. The van der Waals surface area contributed by atoms with E-state index in [4.69, 9.17) is 23.2 Å². The van der Waals surface area contributed by atoms with E-state index in [1.54, 1.807) is 22.7 Å². The van der Waals surface area contributed by atoms with Gasteiger partial charge in [0.2, 0.25) is 0 Å². The van der Waals surface area contributed by atoms with Crippen LogP contribution in [-0.4, -0.2) is 0 Å². The fourth-order valence-corrected chi connectivity index (χ4v) is 4.11. The van der Waals surface area contributed by atoms with Gasteiger partial charge in [0.15, 0.2) is 0 Å². The molecule has 2 rings (SSSR count). The lowest BCUT2D eigenvalue weighted by atomic mass is 10.3. The summed E-state index contributed by atoms with van der Waals surface area (Å²) in [6.45, 7) is 4.07. The Labute approximate surface area is 88.7 Å². The number of hydrogen-bond acceptors (Lipinski definition) is 2. The first-order valence-corrected chi connectivity index (χ1v) is 5.83. The van der Waals surface area contributed by atoms with Crippen LogP contribution in [0.25, 0.3) is 9.40 Å². The molecule has 0 saturated carbocycles. The summed E-state index contributed by atoms with van der Waals surface area (Å²) in [7, 11) is 0. The van der Waals surface area contributed by atoms with Crippen LogP contribution in [0.5, 0.6) is 0 Å². The average molecular weight is 237 g/mol. The van der Waals surface area contributed by atoms with Gasteiger partial charge in [-0.25, -0.2) is 0 Å². The maximum atomic E-state index is 6.00. The fraction of sp³-hybridized carbons (Fsp3) is 0.250. The molecule has 0 aromatic carbocycles. The van der Waals surface area contributed by atoms with Crippen molar-refractivity contribution in [3.8, 4) is 0 Å². The Bertz CT molecular complexity index is 397. The number of thiophene rings is 2. The zero-order valence-corrected chi connectivity index (χ0v) is 9.72. The maximum Gasteiger partial charge on any atom is 0.0978 e. The molecule has 0 aliphatic heterocycles. The average Bonchev–Trinajstić information content (AvgIpc) is 2.43. The molecule has 2 aromatic rings. The van der Waals surface area contributed by atoms with Crippen molar-refractivity contribution in [2.24, 2.45) is 0 Å². The highest BCUT2D eigenvalue weighted by atomic mass is 35.5. The molecule has 0 unspecified atom stereocenters. The highest BCUT2D eigenvalue weighted by Gasteiger charge is 2.13. The van der Waals surface area contributed by atoms with Gasteiger partial charge in [0.05, 0.1) is 18.1 Å². The first-order valence-electron chi connectivity index (χ1n) is 3.44. The summed E-state index contributed by atoms with van der Waals surface area (Å²) in [4.78, 5) is 0. The Kier molecular flexibility index (Phi) is 2.11. The number of fused-ring (bicyclic) bond motifs is 1. The van der Waals surface area contributed by atoms with Crippen LogP contribution >= 0.6 is 45.9 Å². The molecule has 0 nitrogen and oxygen atoms in total. The van der Waals surface area contributed by atoms with Gasteiger partial charge < -0.3 is 0 Å². The minimum absolute atomic E-state index is 0.885. The molecule has 12 heavy (non-hydrogen) atoms. The summed E-state index contributed by atoms with van der Waals surface area (Å²) in [5, 5.41) is 0. The van der Waals surface area contributed by atoms with Gasteiger partial charge >= 0.3 is 0 Å². The molecule has 0 radical (unpaired) electrons. The molecule has 2 aromatic heterocycles. The molecule has 0 fully saturated rings. The smallest absolute Gasteiger partial charge is 0.0978 e. The molecule has 0 aliphatic carbocycles. The Morgan fingerprint density at radius 2 is 1.17 bits per heavy atom. The first-order chi connectivity index (χ1) is 5.61. The van der Waals surface area contributed by atoms with Crippen LogP contribution in [0, 0.1) is 13.8 Å². The summed E-state index contributed by atoms with van der Waals surface area (Å²) in [6, 6.07) is 0. The fourth-order valence-electron chi connectivity index (χ4n) is 1.10. The number of halogens is 2. The maximum absolute atomic E-state index is 6.00. The zero-order valence-electron chi connectivity index (χ0n) is 6.57. The normalized spacial score (nSPS) is 11.3. The van der Waals surface area contributed by atoms with Gasteiger partial charge in [-0.2, -0.15) is 0 Å². The molecule has 0 atom stereocenters. The Morgan fingerprint density at radius 1 is 0.833 bits per heavy atom. The summed E-state index contributed by atoms with van der Waals surface area (Å²) >= 11 is 15.2. The standard InChI is InChI=1S/C8H6Cl2S2/c1-3-5-6(12-7(3)9)4(2)8(10)11-5/h1-2H3. The second-order valence-corrected chi connectivity index (χ2v) is 5.91. The van der Waals surface area contributed by atoms with E-state index >= 15 is 0 Å². The van der Waals surface area contributed by atoms with Crippen molar-refractivity contribution < 1.29 is 0 Å². The van der Waals surface area contributed by atoms with Crippen molar-refractivity contribution in [1.82, 2.24) is 0 Å². The molecular weight excluding hydrogens is 231 g/mol. The summed E-state index contributed by atoms with van der Waals surface area (Å²) in [5.74, 6) is 0. The number of aryl methyl sites for hydroxylation is 2. The Morgan fingerprint density at radius 3 is 1.50 bits per heavy atom. The molecule has 0 aliphatic rings. The highest BCUT2D eigenvalue weighted by molar-refractivity contribution is 7.31. The predicted molar refractivity (Wildman–Crippen MR) is 59.2 cm³/mol. The summed E-state index contributed by atoms with van der Waals surface area (Å²) in [5.41, 5.74) is 2.33. The lowest BCUT2D eigenvalue weighted by molar-refractivity contribution is 1.61. The van der Waals surface area contributed by atoms with Crippen LogP contribution in [0.2, 0.25) is 8.67 Å². The SMILES string of the molecule is Cc1c(Cl)sc2c(C)c(Cl)sc12. The van der Waals surface area contributed by atoms with Crippen LogP contribution in [0.3, 0.4) is 0 Å². The van der Waals surface area contributed by atoms with Gasteiger partial charge in [0.25, 0.3) is 0 Å². The molecule has 0 bridgehead atoms. The lowest BCUT2D eigenvalue weighted by Gasteiger charge is -1.84. The predicted octanol–water partition coefficient (Wildman–Crippen LogP) is 4.89. The van der Waals surface area contributed by atoms with Gasteiger partial charge in [-0.1, -0.05) is 23.2 Å². The van der Waals surface area contributed by atoms with Crippen molar-refractivity contribution in [2.45, 2.75) is 13.8 Å². The highest BCUT2D eigenvalue weighted by Crippen LogP contribution is 2.44. The van der Waals surface area contributed by atoms with Crippen LogP contribution < -0.4 is 0 Å². The molecule has 2 heterocycles. The van der Waals surface area contributed by atoms with E-state index in [2.05, 4.69) is 0 Å². The molecule has 4 heteroatoms. The van der Waals surface area contributed by atoms with E-state index in [1.807, 2.05) is 13.8 Å². The summed E-state index contributed by atoms with van der Waals surface area (Å²) in [6.07, 6.45) is 0. The van der Waals surface area contributed by atoms with Crippen LogP contribution in [0.1, 0.15) is 11.1 Å². The van der Waals surface area contributed by atoms with Crippen molar-refractivity contribution in [1.29, 1.82) is 0 Å². The van der Waals surface area contributed by atoms with Gasteiger partial charge in [-0.3, -0.25) is 0 Å². The number of hydrogen-bond donors (Lipinski definition) is 0. The van der Waals surface area contributed by atoms with E-state index in [-0.39, 0.29) is 0 Å². The van der Waals surface area contributed by atoms with E-state index in [9.17, 15) is 0 Å². The second-order valence-electron chi connectivity index (χ2n) is 2.66. The number of rotatable bonds is 0. The summed E-state index contributed by atoms with van der Waals surface area (Å²) < 4.78 is 4.26. The van der Waals surface area contributed by atoms with Crippen molar-refractivity contribution in [3.05, 3.63) is 19.8 Å². The van der Waals surface area contributed by atoms with Gasteiger partial charge in [0.1, 0.15) is 0 Å². The van der Waals surface area contributed by atoms with Crippen molar-refractivity contribution >= 4 is 55.3 Å². The molecule has 0 saturated heterocycles. The zero-order chi connectivity index (χ0) is 8.88. The second kappa shape index (κ2) is 2.88. The largest absolute Gasteiger partial charge is 0.122 e. The lowest BCUT2D eigenvalue weighted by Crippen LogP contribution is -1.59. The molecule has 0 spiro atoms. The minimum atomic E-state index is 0.885. The molecule has 64 valence electrons. The van der Waals surface area contributed by atoms with Crippen LogP contribution in [0.15, 0.2) is 0 Å². The van der Waals surface area contributed by atoms with Crippen molar-refractivity contribution in [3.63, 3.8) is 0 Å². The third-order valence-corrected chi connectivity index (χ3v) is 5.42. The van der Waals surface area contributed by atoms with E-state index in [0.717, 1.165) is 19.8 Å². The van der Waals surface area contributed by atoms with E-state index in [1.165, 1.54) is 9.40 Å². The molecular formula is C8H6Cl2S2. The van der Waals surface area contributed by atoms with E-state index < -0.39 is 0 Å². The monoisotopic (exact) mass is 236 g/mol. The Hall–Kier alpha value is 0.240. The molecule has 0 N–H and O–H groups in total. The van der Waals surface area contributed by atoms with E-state index in [0.29, 0.717) is 0 Å².